The summed E-state index contributed by atoms with van der Waals surface area (Å²) in [6, 6.07) is 12.8. The van der Waals surface area contributed by atoms with Crippen molar-refractivity contribution in [3.63, 3.8) is 0 Å². The number of aryl methyl sites for hydroxylation is 1. The highest BCUT2D eigenvalue weighted by atomic mass is 79.9. The van der Waals surface area contributed by atoms with Crippen LogP contribution in [-0.2, 0) is 11.8 Å². The molecule has 4 heteroatoms. The second-order valence-corrected chi connectivity index (χ2v) is 6.66. The SMILES string of the molecule is Cc1ccccc1C(CCl)(CCl)Cc1cc(F)ccc1Br. The van der Waals surface area contributed by atoms with E-state index in [9.17, 15) is 4.39 Å². The van der Waals surface area contributed by atoms with Crippen molar-refractivity contribution >= 4 is 39.1 Å². The molecule has 2 aromatic rings. The molecule has 0 saturated carbocycles. The third kappa shape index (κ3) is 3.61. The average molecular weight is 390 g/mol. The lowest BCUT2D eigenvalue weighted by molar-refractivity contribution is 0.528. The zero-order valence-electron chi connectivity index (χ0n) is 11.7. The summed E-state index contributed by atoms with van der Waals surface area (Å²) in [6.07, 6.45) is 0.587. The van der Waals surface area contributed by atoms with E-state index in [1.54, 1.807) is 6.07 Å². The topological polar surface area (TPSA) is 0 Å². The minimum absolute atomic E-state index is 0.254. The second kappa shape index (κ2) is 7.13. The maximum absolute atomic E-state index is 13.5. The van der Waals surface area contributed by atoms with E-state index in [-0.39, 0.29) is 5.82 Å². The molecule has 0 aliphatic rings. The Morgan fingerprint density at radius 1 is 1.10 bits per heavy atom. The first-order valence-electron chi connectivity index (χ1n) is 6.64. The lowest BCUT2D eigenvalue weighted by atomic mass is 9.77. The van der Waals surface area contributed by atoms with Crippen LogP contribution in [0.25, 0.3) is 0 Å². The smallest absolute Gasteiger partial charge is 0.123 e. The summed E-state index contributed by atoms with van der Waals surface area (Å²) in [5.74, 6) is 0.505. The van der Waals surface area contributed by atoms with Crippen LogP contribution in [0, 0.1) is 12.7 Å². The summed E-state index contributed by atoms with van der Waals surface area (Å²) >= 11 is 16.0. The van der Waals surface area contributed by atoms with Gasteiger partial charge in [0.15, 0.2) is 0 Å². The van der Waals surface area contributed by atoms with Crippen LogP contribution in [0.4, 0.5) is 4.39 Å². The Labute approximate surface area is 143 Å². The molecule has 2 aromatic carbocycles. The highest BCUT2D eigenvalue weighted by Crippen LogP contribution is 2.35. The van der Waals surface area contributed by atoms with Gasteiger partial charge in [-0.2, -0.15) is 0 Å². The summed E-state index contributed by atoms with van der Waals surface area (Å²) in [5, 5.41) is 0. The van der Waals surface area contributed by atoms with Gasteiger partial charge < -0.3 is 0 Å². The van der Waals surface area contributed by atoms with Crippen LogP contribution in [0.15, 0.2) is 46.9 Å². The van der Waals surface area contributed by atoms with Gasteiger partial charge in [0.1, 0.15) is 5.82 Å². The molecule has 0 nitrogen and oxygen atoms in total. The monoisotopic (exact) mass is 388 g/mol. The largest absolute Gasteiger partial charge is 0.207 e. The predicted molar refractivity (Wildman–Crippen MR) is 92.1 cm³/mol. The van der Waals surface area contributed by atoms with E-state index in [2.05, 4.69) is 15.9 Å². The van der Waals surface area contributed by atoms with Crippen molar-refractivity contribution in [3.05, 3.63) is 69.4 Å². The van der Waals surface area contributed by atoms with E-state index in [1.165, 1.54) is 12.1 Å². The number of hydrogen-bond donors (Lipinski definition) is 0. The molecule has 0 radical (unpaired) electrons. The molecule has 2 rings (SSSR count). The zero-order valence-corrected chi connectivity index (χ0v) is 14.8. The molecule has 0 aliphatic carbocycles. The lowest BCUT2D eigenvalue weighted by Crippen LogP contribution is -2.34. The Morgan fingerprint density at radius 2 is 1.76 bits per heavy atom. The molecule has 0 aromatic heterocycles. The molecule has 112 valence electrons. The number of hydrogen-bond acceptors (Lipinski definition) is 0. The van der Waals surface area contributed by atoms with Crippen LogP contribution in [0.2, 0.25) is 0 Å². The highest BCUT2D eigenvalue weighted by Gasteiger charge is 2.33. The van der Waals surface area contributed by atoms with Gasteiger partial charge in [-0.15, -0.1) is 23.2 Å². The van der Waals surface area contributed by atoms with Crippen LogP contribution in [0.5, 0.6) is 0 Å². The van der Waals surface area contributed by atoms with Crippen LogP contribution in [-0.4, -0.2) is 11.8 Å². The molecule has 0 saturated heterocycles. The molecule has 0 heterocycles. The summed E-state index contributed by atoms with van der Waals surface area (Å²) in [5.41, 5.74) is 2.72. The van der Waals surface area contributed by atoms with Crippen LogP contribution in [0.3, 0.4) is 0 Å². The fourth-order valence-corrected chi connectivity index (χ4v) is 3.73. The molecule has 0 spiro atoms. The molecule has 0 fully saturated rings. The second-order valence-electron chi connectivity index (χ2n) is 5.28. The van der Waals surface area contributed by atoms with E-state index in [0.717, 1.165) is 21.2 Å². The summed E-state index contributed by atoms with van der Waals surface area (Å²) in [7, 11) is 0. The van der Waals surface area contributed by atoms with E-state index in [4.69, 9.17) is 23.2 Å². The Kier molecular flexibility index (Phi) is 5.70. The van der Waals surface area contributed by atoms with E-state index in [0.29, 0.717) is 18.2 Å². The van der Waals surface area contributed by atoms with E-state index in [1.807, 2.05) is 31.2 Å². The average Bonchev–Trinajstić information content (AvgIpc) is 2.49. The van der Waals surface area contributed by atoms with Crippen molar-refractivity contribution in [2.45, 2.75) is 18.8 Å². The lowest BCUT2D eigenvalue weighted by Gasteiger charge is -2.32. The molecule has 0 unspecified atom stereocenters. The standard InChI is InChI=1S/C17H16BrCl2F/c1-12-4-2-3-5-15(12)17(10-19,11-20)9-13-8-14(21)6-7-16(13)18/h2-8H,9-11H2,1H3. The zero-order chi connectivity index (χ0) is 15.5. The normalized spacial score (nSPS) is 11.7. The highest BCUT2D eigenvalue weighted by molar-refractivity contribution is 9.10. The van der Waals surface area contributed by atoms with Crippen molar-refractivity contribution in [1.82, 2.24) is 0 Å². The predicted octanol–water partition coefficient (Wildman–Crippen LogP) is 5.85. The van der Waals surface area contributed by atoms with Crippen LogP contribution < -0.4 is 0 Å². The van der Waals surface area contributed by atoms with Crippen molar-refractivity contribution in [2.24, 2.45) is 0 Å². The van der Waals surface area contributed by atoms with Gasteiger partial charge >= 0.3 is 0 Å². The molecule has 0 aliphatic heterocycles. The van der Waals surface area contributed by atoms with Crippen molar-refractivity contribution < 1.29 is 4.39 Å². The first-order valence-corrected chi connectivity index (χ1v) is 8.50. The minimum atomic E-state index is -0.412. The van der Waals surface area contributed by atoms with Gasteiger partial charge in [0, 0.05) is 21.6 Å². The summed E-state index contributed by atoms with van der Waals surface area (Å²) in [4.78, 5) is 0. The van der Waals surface area contributed by atoms with Crippen LogP contribution in [0.1, 0.15) is 16.7 Å². The van der Waals surface area contributed by atoms with Gasteiger partial charge in [-0.25, -0.2) is 4.39 Å². The number of halogens is 4. The number of rotatable bonds is 5. The fraction of sp³-hybridized carbons (Fsp3) is 0.294. The van der Waals surface area contributed by atoms with Gasteiger partial charge in [0.25, 0.3) is 0 Å². The third-order valence-corrected chi connectivity index (χ3v) is 5.56. The third-order valence-electron chi connectivity index (χ3n) is 3.76. The van der Waals surface area contributed by atoms with Gasteiger partial charge in [0.2, 0.25) is 0 Å². The van der Waals surface area contributed by atoms with Crippen LogP contribution >= 0.6 is 39.1 Å². The Morgan fingerprint density at radius 3 is 2.38 bits per heavy atom. The van der Waals surface area contributed by atoms with Crippen molar-refractivity contribution in [2.75, 3.05) is 11.8 Å². The Balaban J connectivity index is 2.48. The molecular formula is C17H16BrCl2F. The quantitative estimate of drug-likeness (QED) is 0.562. The first kappa shape index (κ1) is 16.8. The van der Waals surface area contributed by atoms with Crippen molar-refractivity contribution in [3.8, 4) is 0 Å². The Hall–Kier alpha value is -0.570. The molecular weight excluding hydrogens is 374 g/mol. The van der Waals surface area contributed by atoms with Gasteiger partial charge in [-0.3, -0.25) is 0 Å². The molecule has 0 amide bonds. The van der Waals surface area contributed by atoms with Gasteiger partial charge in [0.05, 0.1) is 0 Å². The maximum Gasteiger partial charge on any atom is 0.123 e. The molecule has 0 N–H and O–H groups in total. The maximum atomic E-state index is 13.5. The van der Waals surface area contributed by atoms with E-state index < -0.39 is 5.41 Å². The number of alkyl halides is 2. The van der Waals surface area contributed by atoms with E-state index >= 15 is 0 Å². The molecule has 21 heavy (non-hydrogen) atoms. The Bertz CT molecular complexity index is 624. The van der Waals surface area contributed by atoms with Gasteiger partial charge in [-0.1, -0.05) is 40.2 Å². The van der Waals surface area contributed by atoms with Crippen molar-refractivity contribution in [1.29, 1.82) is 0 Å². The molecule has 0 bridgehead atoms. The summed E-state index contributed by atoms with van der Waals surface area (Å²) < 4.78 is 14.4. The fourth-order valence-electron chi connectivity index (χ4n) is 2.58. The first-order chi connectivity index (χ1) is 10.0. The number of benzene rings is 2. The minimum Gasteiger partial charge on any atom is -0.207 e. The summed E-state index contributed by atoms with van der Waals surface area (Å²) in [6.45, 7) is 2.05. The van der Waals surface area contributed by atoms with Gasteiger partial charge in [-0.05, 0) is 48.2 Å². The molecule has 0 atom stereocenters.